The molecule has 6 heteroatoms. The van der Waals surface area contributed by atoms with Crippen LogP contribution in [0.25, 0.3) is 0 Å². The zero-order valence-electron chi connectivity index (χ0n) is 13.6. The Morgan fingerprint density at radius 2 is 1.78 bits per heavy atom. The summed E-state index contributed by atoms with van der Waals surface area (Å²) in [4.78, 5) is 34.1. The number of piperidine rings is 1. The standard InChI is InChI=1S/C17H24N4O2/c1-12(22)21-8-6-13(7-9-21)15-10-19-16(11-18-15)17(23)20-14-4-2-3-5-14/h10-11,13-14H,2-9H2,1H3,(H,20,23). The fourth-order valence-corrected chi connectivity index (χ4v) is 3.49. The number of hydrogen-bond donors (Lipinski definition) is 1. The van der Waals surface area contributed by atoms with E-state index in [1.54, 1.807) is 19.3 Å². The Hall–Kier alpha value is -1.98. The first-order valence-electron chi connectivity index (χ1n) is 8.52. The van der Waals surface area contributed by atoms with Gasteiger partial charge >= 0.3 is 0 Å². The molecule has 0 spiro atoms. The first-order chi connectivity index (χ1) is 11.1. The van der Waals surface area contributed by atoms with Crippen LogP contribution >= 0.6 is 0 Å². The van der Waals surface area contributed by atoms with Crippen molar-refractivity contribution in [3.8, 4) is 0 Å². The van der Waals surface area contributed by atoms with E-state index in [4.69, 9.17) is 0 Å². The van der Waals surface area contributed by atoms with Gasteiger partial charge in [-0.15, -0.1) is 0 Å². The number of hydrogen-bond acceptors (Lipinski definition) is 4. The maximum absolute atomic E-state index is 12.1. The van der Waals surface area contributed by atoms with Crippen LogP contribution in [0, 0.1) is 0 Å². The quantitative estimate of drug-likeness (QED) is 0.924. The lowest BCUT2D eigenvalue weighted by Gasteiger charge is -2.30. The summed E-state index contributed by atoms with van der Waals surface area (Å²) in [5.74, 6) is 0.334. The molecule has 124 valence electrons. The molecule has 1 saturated carbocycles. The molecule has 1 aliphatic carbocycles. The van der Waals surface area contributed by atoms with Gasteiger partial charge in [0.15, 0.2) is 0 Å². The van der Waals surface area contributed by atoms with E-state index in [2.05, 4.69) is 15.3 Å². The highest BCUT2D eigenvalue weighted by Gasteiger charge is 2.24. The highest BCUT2D eigenvalue weighted by atomic mass is 16.2. The zero-order chi connectivity index (χ0) is 16.2. The fourth-order valence-electron chi connectivity index (χ4n) is 3.49. The van der Waals surface area contributed by atoms with Crippen molar-refractivity contribution >= 4 is 11.8 Å². The number of aromatic nitrogens is 2. The van der Waals surface area contributed by atoms with E-state index in [-0.39, 0.29) is 11.8 Å². The van der Waals surface area contributed by atoms with Crippen molar-refractivity contribution in [2.24, 2.45) is 0 Å². The van der Waals surface area contributed by atoms with Gasteiger partial charge in [0.2, 0.25) is 5.91 Å². The van der Waals surface area contributed by atoms with Crippen molar-refractivity contribution in [2.45, 2.75) is 57.4 Å². The SMILES string of the molecule is CC(=O)N1CCC(c2cnc(C(=O)NC3CCCC3)cn2)CC1. The summed E-state index contributed by atoms with van der Waals surface area (Å²) in [6.45, 7) is 3.15. The maximum Gasteiger partial charge on any atom is 0.271 e. The maximum atomic E-state index is 12.1. The number of carbonyl (C=O) groups excluding carboxylic acids is 2. The molecule has 1 aliphatic heterocycles. The molecule has 0 aromatic carbocycles. The smallest absolute Gasteiger partial charge is 0.271 e. The number of amides is 2. The second-order valence-electron chi connectivity index (χ2n) is 6.56. The van der Waals surface area contributed by atoms with Crippen LogP contribution in [0.1, 0.15) is 67.5 Å². The van der Waals surface area contributed by atoms with E-state index < -0.39 is 0 Å². The number of nitrogens with one attached hydrogen (secondary N) is 1. The number of nitrogens with zero attached hydrogens (tertiary/aromatic N) is 3. The summed E-state index contributed by atoms with van der Waals surface area (Å²) < 4.78 is 0. The monoisotopic (exact) mass is 316 g/mol. The molecule has 0 bridgehead atoms. The Morgan fingerprint density at radius 3 is 2.35 bits per heavy atom. The van der Waals surface area contributed by atoms with Gasteiger partial charge in [0.25, 0.3) is 5.91 Å². The molecule has 2 fully saturated rings. The second kappa shape index (κ2) is 7.06. The molecule has 0 atom stereocenters. The summed E-state index contributed by atoms with van der Waals surface area (Å²) >= 11 is 0. The van der Waals surface area contributed by atoms with Crippen molar-refractivity contribution in [3.05, 3.63) is 23.8 Å². The molecular weight excluding hydrogens is 292 g/mol. The average Bonchev–Trinajstić information content (AvgIpc) is 3.08. The molecule has 0 unspecified atom stereocenters. The lowest BCUT2D eigenvalue weighted by Crippen LogP contribution is -2.36. The third-order valence-electron chi connectivity index (χ3n) is 4.95. The lowest BCUT2D eigenvalue weighted by molar-refractivity contribution is -0.129. The van der Waals surface area contributed by atoms with Crippen LogP contribution in [0.4, 0.5) is 0 Å². The lowest BCUT2D eigenvalue weighted by atomic mass is 9.94. The fraction of sp³-hybridized carbons (Fsp3) is 0.647. The van der Waals surface area contributed by atoms with Crippen LogP contribution in [-0.4, -0.2) is 45.8 Å². The van der Waals surface area contributed by atoms with Gasteiger partial charge in [-0.2, -0.15) is 0 Å². The van der Waals surface area contributed by atoms with E-state index >= 15 is 0 Å². The van der Waals surface area contributed by atoms with Crippen LogP contribution < -0.4 is 5.32 Å². The highest BCUT2D eigenvalue weighted by molar-refractivity contribution is 5.92. The molecular formula is C17H24N4O2. The number of carbonyl (C=O) groups is 2. The second-order valence-corrected chi connectivity index (χ2v) is 6.56. The summed E-state index contributed by atoms with van der Waals surface area (Å²) in [7, 11) is 0. The third-order valence-corrected chi connectivity index (χ3v) is 4.95. The minimum Gasteiger partial charge on any atom is -0.348 e. The van der Waals surface area contributed by atoms with E-state index in [0.29, 0.717) is 17.7 Å². The van der Waals surface area contributed by atoms with Crippen molar-refractivity contribution < 1.29 is 9.59 Å². The number of rotatable bonds is 3. The van der Waals surface area contributed by atoms with Gasteiger partial charge in [-0.3, -0.25) is 14.6 Å². The Kier molecular flexibility index (Phi) is 4.88. The van der Waals surface area contributed by atoms with E-state index in [1.807, 2.05) is 4.90 Å². The van der Waals surface area contributed by atoms with Crippen LogP contribution in [-0.2, 0) is 4.79 Å². The summed E-state index contributed by atoms with van der Waals surface area (Å²) in [5, 5.41) is 3.03. The van der Waals surface area contributed by atoms with E-state index in [9.17, 15) is 9.59 Å². The van der Waals surface area contributed by atoms with Crippen LogP contribution in [0.2, 0.25) is 0 Å². The zero-order valence-corrected chi connectivity index (χ0v) is 13.6. The van der Waals surface area contributed by atoms with Gasteiger partial charge in [0.1, 0.15) is 5.69 Å². The van der Waals surface area contributed by atoms with Gasteiger partial charge in [-0.25, -0.2) is 4.98 Å². The Balaban J connectivity index is 1.56. The molecule has 1 saturated heterocycles. The predicted molar refractivity (Wildman–Crippen MR) is 86.0 cm³/mol. The molecule has 3 rings (SSSR count). The summed E-state index contributed by atoms with van der Waals surface area (Å²) in [6, 6.07) is 0.292. The van der Waals surface area contributed by atoms with Gasteiger partial charge in [-0.1, -0.05) is 12.8 Å². The minimum absolute atomic E-state index is 0.123. The topological polar surface area (TPSA) is 75.2 Å². The van der Waals surface area contributed by atoms with Gasteiger partial charge in [-0.05, 0) is 25.7 Å². The van der Waals surface area contributed by atoms with Crippen molar-refractivity contribution in [1.29, 1.82) is 0 Å². The molecule has 1 N–H and O–H groups in total. The third kappa shape index (κ3) is 3.86. The van der Waals surface area contributed by atoms with Crippen LogP contribution in [0.5, 0.6) is 0 Å². The average molecular weight is 316 g/mol. The Labute approximate surface area is 136 Å². The van der Waals surface area contributed by atoms with E-state index in [0.717, 1.165) is 44.5 Å². The predicted octanol–water partition coefficient (Wildman–Crippen LogP) is 1.87. The molecule has 6 nitrogen and oxygen atoms in total. The Bertz CT molecular complexity index is 558. The van der Waals surface area contributed by atoms with Gasteiger partial charge in [0.05, 0.1) is 11.9 Å². The summed E-state index contributed by atoms with van der Waals surface area (Å²) in [5.41, 5.74) is 1.31. The molecule has 23 heavy (non-hydrogen) atoms. The van der Waals surface area contributed by atoms with Crippen molar-refractivity contribution in [2.75, 3.05) is 13.1 Å². The highest BCUT2D eigenvalue weighted by Crippen LogP contribution is 2.26. The Morgan fingerprint density at radius 1 is 1.09 bits per heavy atom. The first-order valence-corrected chi connectivity index (χ1v) is 8.52. The normalized spacial score (nSPS) is 19.8. The summed E-state index contributed by atoms with van der Waals surface area (Å²) in [6.07, 6.45) is 9.61. The molecule has 1 aromatic heterocycles. The first kappa shape index (κ1) is 15.9. The molecule has 2 amide bonds. The van der Waals surface area contributed by atoms with Gasteiger partial charge in [0, 0.05) is 38.2 Å². The van der Waals surface area contributed by atoms with E-state index in [1.165, 1.54) is 12.8 Å². The van der Waals surface area contributed by atoms with Crippen molar-refractivity contribution in [1.82, 2.24) is 20.2 Å². The van der Waals surface area contributed by atoms with Crippen LogP contribution in [0.3, 0.4) is 0 Å². The minimum atomic E-state index is -0.123. The van der Waals surface area contributed by atoms with Gasteiger partial charge < -0.3 is 10.2 Å². The molecule has 2 aliphatic rings. The molecule has 2 heterocycles. The molecule has 0 radical (unpaired) electrons. The van der Waals surface area contributed by atoms with Crippen molar-refractivity contribution in [3.63, 3.8) is 0 Å². The largest absolute Gasteiger partial charge is 0.348 e. The molecule has 1 aromatic rings. The number of likely N-dealkylation sites (tertiary alicyclic amines) is 1. The van der Waals surface area contributed by atoms with Crippen LogP contribution in [0.15, 0.2) is 12.4 Å².